The van der Waals surface area contributed by atoms with Crippen LogP contribution in [0.5, 0.6) is 0 Å². The second kappa shape index (κ2) is 23.5. The maximum atomic E-state index is 9.28. The summed E-state index contributed by atoms with van der Waals surface area (Å²) < 4.78 is 14.2. The number of hydrogen-bond donors (Lipinski definition) is 2. The molecule has 0 aliphatic heterocycles. The minimum Gasteiger partial charge on any atom is -0.390 e. The van der Waals surface area contributed by atoms with E-state index in [-0.39, 0.29) is 19.5 Å². The predicted octanol–water partition coefficient (Wildman–Crippen LogP) is 6.11. The molecule has 0 heterocycles. The van der Waals surface area contributed by atoms with Crippen molar-refractivity contribution in [3.8, 4) is 0 Å². The van der Waals surface area contributed by atoms with Crippen LogP contribution < -0.4 is 0 Å². The molecule has 0 radical (unpaired) electrons. The Balaban J connectivity index is -0.000000491. The summed E-state index contributed by atoms with van der Waals surface area (Å²) in [6, 6.07) is 0. The van der Waals surface area contributed by atoms with Crippen molar-refractivity contribution in [2.75, 3.05) is 14.2 Å². The van der Waals surface area contributed by atoms with Crippen LogP contribution in [0.15, 0.2) is 0 Å². The van der Waals surface area contributed by atoms with E-state index in [4.69, 9.17) is 4.12 Å². The molecule has 0 spiro atoms. The molecule has 29 heavy (non-hydrogen) atoms. The van der Waals surface area contributed by atoms with Gasteiger partial charge in [-0.2, -0.15) is 6.42 Å². The molecule has 8 heteroatoms. The molecule has 0 aliphatic rings. The summed E-state index contributed by atoms with van der Waals surface area (Å²) in [7, 11) is -3.64. The van der Waals surface area contributed by atoms with E-state index in [0.717, 1.165) is 6.42 Å². The first-order valence-corrected chi connectivity index (χ1v) is 15.8. The van der Waals surface area contributed by atoms with E-state index < -0.39 is 17.6 Å². The molecule has 174 valence electrons. The monoisotopic (exact) mass is 501 g/mol. The van der Waals surface area contributed by atoms with Gasteiger partial charge in [-0.05, 0) is 0 Å². The van der Waals surface area contributed by atoms with Gasteiger partial charge in [-0.25, -0.2) is 0 Å². The van der Waals surface area contributed by atoms with Crippen molar-refractivity contribution in [3.05, 3.63) is 6.92 Å². The maximum absolute atomic E-state index is 9.28. The molecule has 2 unspecified atom stereocenters. The van der Waals surface area contributed by atoms with Gasteiger partial charge in [-0.15, -0.1) is 0 Å². The van der Waals surface area contributed by atoms with Gasteiger partial charge >= 0.3 is 17.6 Å². The quantitative estimate of drug-likeness (QED) is 0.134. The molecular formula is C21H49O5Si2Zn-. The largest absolute Gasteiger partial charge is 0.487 e. The van der Waals surface area contributed by atoms with Gasteiger partial charge in [0.15, 0.2) is 0 Å². The molecule has 0 saturated carbocycles. The Bertz CT molecular complexity index is 293. The Morgan fingerprint density at radius 3 is 1.14 bits per heavy atom. The molecule has 0 saturated heterocycles. The van der Waals surface area contributed by atoms with Crippen LogP contribution >= 0.6 is 0 Å². The van der Waals surface area contributed by atoms with Crippen LogP contribution in [0.1, 0.15) is 103 Å². The molecule has 0 bridgehead atoms. The Morgan fingerprint density at radius 1 is 0.621 bits per heavy atom. The van der Waals surface area contributed by atoms with E-state index in [9.17, 15) is 9.59 Å². The van der Waals surface area contributed by atoms with Gasteiger partial charge in [0.05, 0.1) is 0 Å². The van der Waals surface area contributed by atoms with Crippen molar-refractivity contribution in [1.82, 2.24) is 0 Å². The zero-order valence-corrected chi connectivity index (χ0v) is 25.1. The number of hydrogen-bond acceptors (Lipinski definition) is 5. The maximum Gasteiger partial charge on any atom is 0.487 e. The smallest absolute Gasteiger partial charge is 0.390 e. The minimum atomic E-state index is -3.15. The van der Waals surface area contributed by atoms with Crippen LogP contribution in [0.4, 0.5) is 0 Å². The first kappa shape index (κ1) is 34.5. The molecular weight excluding hydrogens is 454 g/mol. The zero-order valence-electron chi connectivity index (χ0n) is 20.1. The van der Waals surface area contributed by atoms with Gasteiger partial charge < -0.3 is 29.5 Å². The normalized spacial score (nSPS) is 14.9. The summed E-state index contributed by atoms with van der Waals surface area (Å²) in [5.41, 5.74) is 0. The predicted molar refractivity (Wildman–Crippen MR) is 123 cm³/mol. The van der Waals surface area contributed by atoms with Crippen LogP contribution in [-0.4, -0.2) is 41.4 Å². The Kier molecular flexibility index (Phi) is 28.0. The molecule has 0 aromatic carbocycles. The summed E-state index contributed by atoms with van der Waals surface area (Å²) in [4.78, 5) is 18.6. The number of rotatable bonds is 18. The summed E-state index contributed by atoms with van der Waals surface area (Å²) in [6.45, 7) is 8.99. The van der Waals surface area contributed by atoms with Crippen LogP contribution in [-0.2, 0) is 32.4 Å². The molecule has 0 aromatic heterocycles. The second-order valence-corrected chi connectivity index (χ2v) is 13.0. The van der Waals surface area contributed by atoms with Crippen LogP contribution in [0.25, 0.3) is 0 Å². The van der Waals surface area contributed by atoms with Crippen molar-refractivity contribution in [3.63, 3.8) is 0 Å². The average Bonchev–Trinajstić information content (AvgIpc) is 2.65. The third kappa shape index (κ3) is 28.9. The van der Waals surface area contributed by atoms with Gasteiger partial charge in [-0.3, -0.25) is 0 Å². The molecule has 0 rings (SSSR count). The molecule has 0 amide bonds. The third-order valence-electron chi connectivity index (χ3n) is 4.74. The molecule has 0 aromatic rings. The second-order valence-electron chi connectivity index (χ2n) is 7.76. The fourth-order valence-corrected chi connectivity index (χ4v) is 6.28. The summed E-state index contributed by atoms with van der Waals surface area (Å²) in [5, 5.41) is 0. The van der Waals surface area contributed by atoms with E-state index in [1.54, 1.807) is 0 Å². The van der Waals surface area contributed by atoms with Gasteiger partial charge in [0.1, 0.15) is 0 Å². The van der Waals surface area contributed by atoms with Crippen LogP contribution in [0, 0.1) is 6.92 Å². The summed E-state index contributed by atoms with van der Waals surface area (Å²) in [5.74, 6) is 0. The standard InChI is InChI=1S/C17H35.C4H14O5Si2.Zn/c1-3-5-7-9-11-13-15-17-16-14-12-10-8-6-4-2;1-7-10(3,5)9-11(4,6)8-2;/h1,3-17H2,2H3;5-6H,1-4H3;/q-1;;. The number of unbranched alkanes of at least 4 members (excludes halogenated alkanes) is 14. The van der Waals surface area contributed by atoms with Crippen molar-refractivity contribution < 1.29 is 42.0 Å². The first-order chi connectivity index (χ1) is 13.2. The molecule has 0 fully saturated rings. The molecule has 5 nitrogen and oxygen atoms in total. The van der Waals surface area contributed by atoms with Crippen LogP contribution in [0.3, 0.4) is 0 Å². The third-order valence-corrected chi connectivity index (χ3v) is 9.28. The van der Waals surface area contributed by atoms with Crippen molar-refractivity contribution in [2.45, 2.75) is 116 Å². The minimum absolute atomic E-state index is 0. The Hall–Kier alpha value is 0.857. The summed E-state index contributed by atoms with van der Waals surface area (Å²) in [6.07, 6.45) is 21.3. The van der Waals surface area contributed by atoms with E-state index in [1.165, 1.54) is 117 Å². The first-order valence-electron chi connectivity index (χ1n) is 11.3. The zero-order chi connectivity index (χ0) is 21.7. The van der Waals surface area contributed by atoms with E-state index in [1.807, 2.05) is 0 Å². The van der Waals surface area contributed by atoms with Gasteiger partial charge in [0.2, 0.25) is 0 Å². The molecule has 2 atom stereocenters. The van der Waals surface area contributed by atoms with Crippen molar-refractivity contribution in [1.29, 1.82) is 0 Å². The molecule has 2 N–H and O–H groups in total. The Morgan fingerprint density at radius 2 is 0.897 bits per heavy atom. The average molecular weight is 503 g/mol. The fourth-order valence-electron chi connectivity index (χ4n) is 2.81. The van der Waals surface area contributed by atoms with Crippen LogP contribution in [0.2, 0.25) is 13.1 Å². The van der Waals surface area contributed by atoms with Crippen molar-refractivity contribution in [2.24, 2.45) is 0 Å². The topological polar surface area (TPSA) is 68.2 Å². The fraction of sp³-hybridized carbons (Fsp3) is 0.952. The van der Waals surface area contributed by atoms with Gasteiger partial charge in [0, 0.05) is 46.8 Å². The van der Waals surface area contributed by atoms with E-state index in [2.05, 4.69) is 22.7 Å². The Labute approximate surface area is 196 Å². The van der Waals surface area contributed by atoms with E-state index >= 15 is 0 Å². The van der Waals surface area contributed by atoms with Gasteiger partial charge in [0.25, 0.3) is 0 Å². The van der Waals surface area contributed by atoms with Gasteiger partial charge in [-0.1, -0.05) is 96.8 Å². The summed E-state index contributed by atoms with van der Waals surface area (Å²) >= 11 is 0. The van der Waals surface area contributed by atoms with Crippen molar-refractivity contribution >= 4 is 17.6 Å². The van der Waals surface area contributed by atoms with E-state index in [0.29, 0.717) is 0 Å². The SMILES string of the molecule is CO[Si](C)(O)O[Si](C)(O)OC.[CH2-]CCCCCCCCCCCCCCCC.[Zn]. The molecule has 0 aliphatic carbocycles.